The van der Waals surface area contributed by atoms with Crippen molar-refractivity contribution >= 4 is 5.69 Å². The minimum Gasteiger partial charge on any atom is -0.371 e. The Hall–Kier alpha value is -1.05. The van der Waals surface area contributed by atoms with Gasteiger partial charge in [0.15, 0.2) is 0 Å². The van der Waals surface area contributed by atoms with Gasteiger partial charge in [-0.2, -0.15) is 0 Å². The quantitative estimate of drug-likeness (QED) is 0.676. The molecule has 0 radical (unpaired) electrons. The minimum absolute atomic E-state index is 0.897. The average Bonchev–Trinajstić information content (AvgIpc) is 2.20. The molecule has 1 aromatic rings. The van der Waals surface area contributed by atoms with Crippen LogP contribution in [0.25, 0.3) is 0 Å². The Kier molecular flexibility index (Phi) is 2.71. The predicted molar refractivity (Wildman–Crippen MR) is 59.6 cm³/mol. The SMILES string of the molecule is Cc1cnccc1N1CCC(C)CC1. The molecule has 1 aromatic heterocycles. The maximum absolute atomic E-state index is 4.13. The largest absolute Gasteiger partial charge is 0.371 e. The lowest BCUT2D eigenvalue weighted by Crippen LogP contribution is -2.33. The first kappa shape index (κ1) is 9.50. The summed E-state index contributed by atoms with van der Waals surface area (Å²) in [6.07, 6.45) is 6.48. The predicted octanol–water partition coefficient (Wildman–Crippen LogP) is 2.63. The van der Waals surface area contributed by atoms with Crippen LogP contribution in [0, 0.1) is 12.8 Å². The van der Waals surface area contributed by atoms with Gasteiger partial charge in [0, 0.05) is 31.2 Å². The van der Waals surface area contributed by atoms with Crippen molar-refractivity contribution in [2.45, 2.75) is 26.7 Å². The van der Waals surface area contributed by atoms with Gasteiger partial charge in [0.2, 0.25) is 0 Å². The molecule has 0 N–H and O–H groups in total. The second-order valence-corrected chi connectivity index (χ2v) is 4.33. The number of nitrogens with zero attached hydrogens (tertiary/aromatic N) is 2. The number of aryl methyl sites for hydroxylation is 1. The molecule has 0 amide bonds. The fraction of sp³-hybridized carbons (Fsp3) is 0.583. The first-order valence-corrected chi connectivity index (χ1v) is 5.43. The topological polar surface area (TPSA) is 16.1 Å². The maximum Gasteiger partial charge on any atom is 0.0426 e. The van der Waals surface area contributed by atoms with Crippen molar-refractivity contribution in [3.8, 4) is 0 Å². The minimum atomic E-state index is 0.897. The van der Waals surface area contributed by atoms with Crippen LogP contribution in [0.4, 0.5) is 5.69 Å². The van der Waals surface area contributed by atoms with Crippen LogP contribution >= 0.6 is 0 Å². The zero-order valence-corrected chi connectivity index (χ0v) is 9.03. The summed E-state index contributed by atoms with van der Waals surface area (Å²) in [5, 5.41) is 0. The molecule has 1 saturated heterocycles. The summed E-state index contributed by atoms with van der Waals surface area (Å²) in [5.74, 6) is 0.897. The number of aromatic nitrogens is 1. The van der Waals surface area contributed by atoms with Crippen LogP contribution < -0.4 is 4.90 Å². The van der Waals surface area contributed by atoms with Gasteiger partial charge in [-0.1, -0.05) is 6.92 Å². The van der Waals surface area contributed by atoms with Crippen LogP contribution in [-0.4, -0.2) is 18.1 Å². The van der Waals surface area contributed by atoms with Gasteiger partial charge in [0.1, 0.15) is 0 Å². The Balaban J connectivity index is 2.12. The molecule has 76 valence electrons. The van der Waals surface area contributed by atoms with Gasteiger partial charge in [0.25, 0.3) is 0 Å². The molecular formula is C12H18N2. The third kappa shape index (κ3) is 1.89. The fourth-order valence-corrected chi connectivity index (χ4v) is 2.07. The highest BCUT2D eigenvalue weighted by molar-refractivity contribution is 5.51. The Labute approximate surface area is 86.0 Å². The zero-order chi connectivity index (χ0) is 9.97. The molecule has 1 fully saturated rings. The maximum atomic E-state index is 4.13. The van der Waals surface area contributed by atoms with E-state index in [0.29, 0.717) is 0 Å². The van der Waals surface area contributed by atoms with E-state index < -0.39 is 0 Å². The fourth-order valence-electron chi connectivity index (χ4n) is 2.07. The number of hydrogen-bond donors (Lipinski definition) is 0. The van der Waals surface area contributed by atoms with Crippen molar-refractivity contribution in [1.82, 2.24) is 4.98 Å². The van der Waals surface area contributed by atoms with Gasteiger partial charge in [0.05, 0.1) is 0 Å². The van der Waals surface area contributed by atoms with E-state index >= 15 is 0 Å². The highest BCUT2D eigenvalue weighted by Crippen LogP contribution is 2.24. The number of rotatable bonds is 1. The summed E-state index contributed by atoms with van der Waals surface area (Å²) in [4.78, 5) is 6.61. The van der Waals surface area contributed by atoms with Gasteiger partial charge in [-0.25, -0.2) is 0 Å². The molecule has 0 spiro atoms. The van der Waals surface area contributed by atoms with E-state index in [1.165, 1.54) is 37.2 Å². The van der Waals surface area contributed by atoms with Gasteiger partial charge < -0.3 is 4.90 Å². The molecule has 2 heteroatoms. The summed E-state index contributed by atoms with van der Waals surface area (Å²) in [7, 11) is 0. The summed E-state index contributed by atoms with van der Waals surface area (Å²) in [6, 6.07) is 2.13. The van der Waals surface area contributed by atoms with E-state index in [2.05, 4.69) is 29.8 Å². The van der Waals surface area contributed by atoms with Crippen LogP contribution in [0.3, 0.4) is 0 Å². The Morgan fingerprint density at radius 1 is 1.36 bits per heavy atom. The standard InChI is InChI=1S/C12H18N2/c1-10-4-7-14(8-5-10)12-3-6-13-9-11(12)2/h3,6,9-10H,4-5,7-8H2,1-2H3. The Morgan fingerprint density at radius 2 is 2.07 bits per heavy atom. The highest BCUT2D eigenvalue weighted by atomic mass is 15.1. The van der Waals surface area contributed by atoms with Crippen molar-refractivity contribution in [2.24, 2.45) is 5.92 Å². The molecule has 0 aliphatic carbocycles. The molecule has 2 nitrogen and oxygen atoms in total. The first-order valence-electron chi connectivity index (χ1n) is 5.43. The first-order chi connectivity index (χ1) is 6.77. The average molecular weight is 190 g/mol. The van der Waals surface area contributed by atoms with Crippen LogP contribution in [0.15, 0.2) is 18.5 Å². The monoisotopic (exact) mass is 190 g/mol. The molecule has 1 aliphatic heterocycles. The van der Waals surface area contributed by atoms with E-state index in [4.69, 9.17) is 0 Å². The van der Waals surface area contributed by atoms with Crippen molar-refractivity contribution in [3.63, 3.8) is 0 Å². The van der Waals surface area contributed by atoms with Crippen molar-refractivity contribution in [1.29, 1.82) is 0 Å². The molecule has 0 bridgehead atoms. The molecule has 0 atom stereocenters. The Morgan fingerprint density at radius 3 is 2.71 bits per heavy atom. The molecule has 14 heavy (non-hydrogen) atoms. The van der Waals surface area contributed by atoms with Crippen LogP contribution in [0.5, 0.6) is 0 Å². The lowest BCUT2D eigenvalue weighted by Gasteiger charge is -2.32. The number of pyridine rings is 1. The van der Waals surface area contributed by atoms with Crippen molar-refractivity contribution in [3.05, 3.63) is 24.0 Å². The van der Waals surface area contributed by atoms with Crippen LogP contribution in [0.2, 0.25) is 0 Å². The van der Waals surface area contributed by atoms with Crippen LogP contribution in [0.1, 0.15) is 25.3 Å². The van der Waals surface area contributed by atoms with E-state index in [-0.39, 0.29) is 0 Å². The smallest absolute Gasteiger partial charge is 0.0426 e. The Bertz CT molecular complexity index is 301. The van der Waals surface area contributed by atoms with E-state index in [9.17, 15) is 0 Å². The molecule has 0 aromatic carbocycles. The lowest BCUT2D eigenvalue weighted by molar-refractivity contribution is 0.438. The molecule has 0 saturated carbocycles. The molecule has 1 aliphatic rings. The normalized spacial score (nSPS) is 18.6. The summed E-state index contributed by atoms with van der Waals surface area (Å²) < 4.78 is 0. The molecule has 2 rings (SSSR count). The summed E-state index contributed by atoms with van der Waals surface area (Å²) in [6.45, 7) is 6.88. The van der Waals surface area contributed by atoms with Gasteiger partial charge >= 0.3 is 0 Å². The van der Waals surface area contributed by atoms with Gasteiger partial charge in [-0.05, 0) is 37.3 Å². The summed E-state index contributed by atoms with van der Waals surface area (Å²) in [5.41, 5.74) is 2.66. The van der Waals surface area contributed by atoms with Gasteiger partial charge in [-0.15, -0.1) is 0 Å². The summed E-state index contributed by atoms with van der Waals surface area (Å²) >= 11 is 0. The van der Waals surface area contributed by atoms with Crippen LogP contribution in [-0.2, 0) is 0 Å². The number of anilines is 1. The second-order valence-electron chi connectivity index (χ2n) is 4.33. The third-order valence-electron chi connectivity index (χ3n) is 3.11. The number of piperidine rings is 1. The van der Waals surface area contributed by atoms with E-state index in [1.54, 1.807) is 0 Å². The van der Waals surface area contributed by atoms with Crippen molar-refractivity contribution < 1.29 is 0 Å². The zero-order valence-electron chi connectivity index (χ0n) is 9.03. The lowest BCUT2D eigenvalue weighted by atomic mass is 9.98. The van der Waals surface area contributed by atoms with Crippen molar-refractivity contribution in [2.75, 3.05) is 18.0 Å². The molecular weight excluding hydrogens is 172 g/mol. The highest BCUT2D eigenvalue weighted by Gasteiger charge is 2.16. The van der Waals surface area contributed by atoms with Gasteiger partial charge in [-0.3, -0.25) is 4.98 Å². The molecule has 0 unspecified atom stereocenters. The van der Waals surface area contributed by atoms with E-state index in [0.717, 1.165) is 5.92 Å². The second kappa shape index (κ2) is 3.99. The third-order valence-corrected chi connectivity index (χ3v) is 3.11. The molecule has 2 heterocycles. The number of hydrogen-bond acceptors (Lipinski definition) is 2. The van der Waals surface area contributed by atoms with E-state index in [1.807, 2.05) is 12.4 Å².